The number of hydrogen-bond acceptors (Lipinski definition) is 4. The molecule has 1 N–H and O–H groups in total. The van der Waals surface area contributed by atoms with Crippen LogP contribution in [0.3, 0.4) is 0 Å². The lowest BCUT2D eigenvalue weighted by Gasteiger charge is -1.94. The van der Waals surface area contributed by atoms with E-state index in [1.54, 1.807) is 16.8 Å². The van der Waals surface area contributed by atoms with Crippen LogP contribution < -0.4 is 22.0 Å². The van der Waals surface area contributed by atoms with E-state index in [4.69, 9.17) is 4.52 Å². The second-order valence-corrected chi connectivity index (χ2v) is 4.45. The van der Waals surface area contributed by atoms with E-state index in [1.807, 2.05) is 13.8 Å². The van der Waals surface area contributed by atoms with Gasteiger partial charge in [0.25, 0.3) is 0 Å². The van der Waals surface area contributed by atoms with Gasteiger partial charge >= 0.3 is 11.7 Å². The SMILES string of the molecule is Cc1nc(C)n(Cc2[nH+]c(-c3cccc(F)c3)no2)n1.[Br-]. The molecule has 2 heterocycles. The summed E-state index contributed by atoms with van der Waals surface area (Å²) >= 11 is 0. The number of nitrogens with one attached hydrogen (secondary N) is 1. The van der Waals surface area contributed by atoms with E-state index in [1.165, 1.54) is 12.1 Å². The molecule has 0 bridgehead atoms. The molecule has 0 unspecified atom stereocenters. The summed E-state index contributed by atoms with van der Waals surface area (Å²) in [6.07, 6.45) is 0. The van der Waals surface area contributed by atoms with E-state index >= 15 is 0 Å². The van der Waals surface area contributed by atoms with Gasteiger partial charge in [-0.05, 0) is 32.0 Å². The number of rotatable bonds is 3. The third kappa shape index (κ3) is 3.33. The summed E-state index contributed by atoms with van der Waals surface area (Å²) < 4.78 is 20.1. The van der Waals surface area contributed by atoms with Crippen LogP contribution in [0.15, 0.2) is 28.8 Å². The van der Waals surface area contributed by atoms with Crippen LogP contribution in [-0.2, 0) is 6.54 Å². The molecule has 3 aromatic rings. The van der Waals surface area contributed by atoms with Crippen molar-refractivity contribution in [3.8, 4) is 11.4 Å². The van der Waals surface area contributed by atoms with Crippen molar-refractivity contribution >= 4 is 0 Å². The molecular weight excluding hydrogens is 341 g/mol. The lowest BCUT2D eigenvalue weighted by Crippen LogP contribution is -3.00. The zero-order valence-electron chi connectivity index (χ0n) is 11.5. The van der Waals surface area contributed by atoms with Gasteiger partial charge in [-0.3, -0.25) is 0 Å². The van der Waals surface area contributed by atoms with Crippen molar-refractivity contribution in [3.05, 3.63) is 47.6 Å². The number of hydrogen-bond donors (Lipinski definition) is 0. The van der Waals surface area contributed by atoms with E-state index in [0.717, 1.165) is 5.82 Å². The van der Waals surface area contributed by atoms with Crippen LogP contribution >= 0.6 is 0 Å². The van der Waals surface area contributed by atoms with Crippen molar-refractivity contribution in [2.45, 2.75) is 20.4 Å². The highest BCUT2D eigenvalue weighted by molar-refractivity contribution is 5.50. The Bertz CT molecular complexity index is 755. The first-order valence-corrected chi connectivity index (χ1v) is 6.13. The first-order valence-electron chi connectivity index (χ1n) is 6.13. The second-order valence-electron chi connectivity index (χ2n) is 4.45. The molecule has 0 atom stereocenters. The number of aromatic nitrogens is 5. The van der Waals surface area contributed by atoms with Crippen LogP contribution in [0.2, 0.25) is 0 Å². The van der Waals surface area contributed by atoms with Gasteiger partial charge in [-0.1, -0.05) is 6.07 Å². The largest absolute Gasteiger partial charge is 1.00 e. The maximum absolute atomic E-state index is 13.2. The minimum absolute atomic E-state index is 0. The minimum Gasteiger partial charge on any atom is -1.00 e. The maximum Gasteiger partial charge on any atom is 0.378 e. The van der Waals surface area contributed by atoms with Gasteiger partial charge in [-0.2, -0.15) is 5.10 Å². The van der Waals surface area contributed by atoms with Crippen LogP contribution in [-0.4, -0.2) is 19.9 Å². The molecule has 110 valence electrons. The van der Waals surface area contributed by atoms with Gasteiger partial charge in [0.1, 0.15) is 24.0 Å². The smallest absolute Gasteiger partial charge is 0.378 e. The van der Waals surface area contributed by atoms with Crippen molar-refractivity contribution in [3.63, 3.8) is 0 Å². The number of aromatic amines is 1. The lowest BCUT2D eigenvalue weighted by atomic mass is 10.2. The first-order chi connectivity index (χ1) is 9.61. The van der Waals surface area contributed by atoms with Crippen LogP contribution in [0.4, 0.5) is 4.39 Å². The van der Waals surface area contributed by atoms with Crippen LogP contribution in [0, 0.1) is 19.7 Å². The Morgan fingerprint density at radius 2 is 2.14 bits per heavy atom. The number of H-pyrrole nitrogens is 1. The summed E-state index contributed by atoms with van der Waals surface area (Å²) in [6, 6.07) is 6.15. The van der Waals surface area contributed by atoms with Crippen LogP contribution in [0.1, 0.15) is 17.5 Å². The Morgan fingerprint density at radius 1 is 1.33 bits per heavy atom. The van der Waals surface area contributed by atoms with Crippen LogP contribution in [0.5, 0.6) is 0 Å². The molecule has 8 heteroatoms. The molecule has 1 aromatic carbocycles. The number of halogens is 2. The molecule has 0 fully saturated rings. The summed E-state index contributed by atoms with van der Waals surface area (Å²) in [4.78, 5) is 7.22. The van der Waals surface area contributed by atoms with E-state index < -0.39 is 0 Å². The molecular formula is C13H13BrFN5O. The van der Waals surface area contributed by atoms with Crippen molar-refractivity contribution in [2.24, 2.45) is 0 Å². The standard InChI is InChI=1S/C13H12FN5O.BrH/c1-8-15-9(2)19(17-8)7-12-16-13(18-20-12)10-4-3-5-11(14)6-10;/h3-6H,7H2,1-2H3;1H. The predicted molar refractivity (Wildman–Crippen MR) is 67.1 cm³/mol. The van der Waals surface area contributed by atoms with E-state index in [-0.39, 0.29) is 22.8 Å². The van der Waals surface area contributed by atoms with Gasteiger partial charge in [-0.15, -0.1) is 0 Å². The van der Waals surface area contributed by atoms with E-state index in [9.17, 15) is 4.39 Å². The fourth-order valence-electron chi connectivity index (χ4n) is 1.95. The number of aryl methyl sites for hydroxylation is 2. The molecule has 3 rings (SSSR count). The van der Waals surface area contributed by atoms with Crippen molar-refractivity contribution < 1.29 is 30.9 Å². The summed E-state index contributed by atoms with van der Waals surface area (Å²) in [5.41, 5.74) is 0.631. The topological polar surface area (TPSA) is 70.9 Å². The third-order valence-corrected chi connectivity index (χ3v) is 2.86. The molecule has 0 aliphatic carbocycles. The predicted octanol–water partition coefficient (Wildman–Crippen LogP) is -1.44. The fraction of sp³-hybridized carbons (Fsp3) is 0.231. The summed E-state index contributed by atoms with van der Waals surface area (Å²) in [7, 11) is 0. The molecule has 2 aromatic heterocycles. The fourth-order valence-corrected chi connectivity index (χ4v) is 1.95. The summed E-state index contributed by atoms with van der Waals surface area (Å²) in [6.45, 7) is 4.09. The Hall–Kier alpha value is -2.09. The molecule has 0 amide bonds. The molecule has 0 saturated heterocycles. The molecule has 0 aliphatic rings. The van der Waals surface area contributed by atoms with Gasteiger partial charge in [-0.25, -0.2) is 23.6 Å². The van der Waals surface area contributed by atoms with Gasteiger partial charge in [0.2, 0.25) is 0 Å². The Morgan fingerprint density at radius 3 is 2.81 bits per heavy atom. The molecule has 0 aliphatic heterocycles. The Kier molecular flexibility index (Phi) is 4.46. The minimum atomic E-state index is -0.316. The zero-order valence-corrected chi connectivity index (χ0v) is 13.1. The first kappa shape index (κ1) is 15.3. The summed E-state index contributed by atoms with van der Waals surface area (Å²) in [5.74, 6) is 2.18. The Labute approximate surface area is 130 Å². The second kappa shape index (κ2) is 6.13. The molecule has 0 spiro atoms. The van der Waals surface area contributed by atoms with E-state index in [0.29, 0.717) is 29.6 Å². The van der Waals surface area contributed by atoms with Crippen molar-refractivity contribution in [2.75, 3.05) is 0 Å². The highest BCUT2D eigenvalue weighted by atomic mass is 79.9. The summed E-state index contributed by atoms with van der Waals surface area (Å²) in [5, 5.41) is 8.14. The van der Waals surface area contributed by atoms with Gasteiger partial charge < -0.3 is 17.0 Å². The van der Waals surface area contributed by atoms with E-state index in [2.05, 4.69) is 20.2 Å². The van der Waals surface area contributed by atoms with Gasteiger partial charge in [0, 0.05) is 0 Å². The Balaban J connectivity index is 0.00000161. The molecule has 21 heavy (non-hydrogen) atoms. The molecule has 0 radical (unpaired) electrons. The van der Waals surface area contributed by atoms with Gasteiger partial charge in [0.15, 0.2) is 5.16 Å². The van der Waals surface area contributed by atoms with Crippen molar-refractivity contribution in [1.29, 1.82) is 0 Å². The lowest BCUT2D eigenvalue weighted by molar-refractivity contribution is -0.386. The van der Waals surface area contributed by atoms with Gasteiger partial charge in [0.05, 0.1) is 5.56 Å². The maximum atomic E-state index is 13.2. The number of benzene rings is 1. The quantitative estimate of drug-likeness (QED) is 0.578. The average molecular weight is 354 g/mol. The monoisotopic (exact) mass is 353 g/mol. The highest BCUT2D eigenvalue weighted by Gasteiger charge is 2.18. The molecule has 0 saturated carbocycles. The normalized spacial score (nSPS) is 10.4. The van der Waals surface area contributed by atoms with Crippen molar-refractivity contribution in [1.82, 2.24) is 19.9 Å². The number of nitrogens with zero attached hydrogens (tertiary/aromatic N) is 4. The average Bonchev–Trinajstić information content (AvgIpc) is 2.97. The third-order valence-electron chi connectivity index (χ3n) is 2.86. The molecule has 6 nitrogen and oxygen atoms in total. The highest BCUT2D eigenvalue weighted by Crippen LogP contribution is 2.14. The zero-order chi connectivity index (χ0) is 14.1. The van der Waals surface area contributed by atoms with Crippen LogP contribution in [0.25, 0.3) is 11.4 Å².